The van der Waals surface area contributed by atoms with Crippen molar-refractivity contribution < 1.29 is 51.8 Å². The summed E-state index contributed by atoms with van der Waals surface area (Å²) in [5, 5.41) is 8.06. The number of hydrogen-bond acceptors (Lipinski definition) is 5. The minimum Gasteiger partial charge on any atom is -0.726 e. The van der Waals surface area contributed by atoms with E-state index in [1.54, 1.807) is 13.8 Å². The van der Waals surface area contributed by atoms with Gasteiger partial charge >= 0.3 is 29.6 Å². The Morgan fingerprint density at radius 3 is 1.55 bits per heavy atom. The van der Waals surface area contributed by atoms with E-state index in [9.17, 15) is 13.0 Å². The average molecular weight is 348 g/mol. The van der Waals surface area contributed by atoms with E-state index in [1.807, 2.05) is 0 Å². The van der Waals surface area contributed by atoms with E-state index in [2.05, 4.69) is 11.1 Å². The molecule has 0 rings (SSSR count). The molecule has 0 aromatic rings. The van der Waals surface area contributed by atoms with Crippen LogP contribution < -0.4 is 29.6 Å². The van der Waals surface area contributed by atoms with Gasteiger partial charge in [-0.3, -0.25) is 4.18 Å². The van der Waals surface area contributed by atoms with Crippen LogP contribution in [0.15, 0.2) is 0 Å². The Bertz CT molecular complexity index is 292. The third-order valence-corrected chi connectivity index (χ3v) is 3.18. The molecule has 0 aliphatic rings. The van der Waals surface area contributed by atoms with Crippen LogP contribution in [0, 0.1) is 0 Å². The number of hydrogen-bond donors (Lipinski definition) is 1. The van der Waals surface area contributed by atoms with Gasteiger partial charge in [0.1, 0.15) is 0 Å². The summed E-state index contributed by atoms with van der Waals surface area (Å²) in [6.45, 7) is 5.69. The van der Waals surface area contributed by atoms with Gasteiger partial charge in [-0.15, -0.1) is 0 Å². The van der Waals surface area contributed by atoms with Crippen molar-refractivity contribution in [2.75, 3.05) is 6.61 Å². The van der Waals surface area contributed by atoms with Crippen LogP contribution in [0.3, 0.4) is 0 Å². The zero-order valence-electron chi connectivity index (χ0n) is 14.8. The molecule has 5 nitrogen and oxygen atoms in total. The first-order valence-electron chi connectivity index (χ1n) is 8.08. The minimum atomic E-state index is -4.48. The molecule has 0 saturated carbocycles. The fourth-order valence-corrected chi connectivity index (χ4v) is 2.07. The van der Waals surface area contributed by atoms with E-state index in [-0.39, 0.29) is 42.3 Å². The van der Waals surface area contributed by atoms with E-state index in [0.29, 0.717) is 6.42 Å². The van der Waals surface area contributed by atoms with Crippen LogP contribution in [0.5, 0.6) is 0 Å². The maximum atomic E-state index is 10.1. The van der Waals surface area contributed by atoms with Crippen molar-refractivity contribution in [1.82, 2.24) is 0 Å². The molecule has 0 aromatic carbocycles. The van der Waals surface area contributed by atoms with Crippen molar-refractivity contribution in [3.05, 3.63) is 0 Å². The minimum absolute atomic E-state index is 0. The molecule has 0 fully saturated rings. The van der Waals surface area contributed by atoms with E-state index < -0.39 is 10.4 Å². The molecule has 130 valence electrons. The Hall–Kier alpha value is 0.830. The first kappa shape index (κ1) is 27.7. The van der Waals surface area contributed by atoms with Crippen LogP contribution in [0.25, 0.3) is 0 Å². The summed E-state index contributed by atoms with van der Waals surface area (Å²) in [6, 6.07) is 0. The van der Waals surface area contributed by atoms with Gasteiger partial charge in [0.05, 0.1) is 6.61 Å². The predicted molar refractivity (Wildman–Crippen MR) is 84.8 cm³/mol. The van der Waals surface area contributed by atoms with Crippen molar-refractivity contribution >= 4 is 10.4 Å². The smallest absolute Gasteiger partial charge is 0.726 e. The summed E-state index contributed by atoms with van der Waals surface area (Å²) in [7, 11) is -4.48. The van der Waals surface area contributed by atoms with Gasteiger partial charge in [0.15, 0.2) is 0 Å². The summed E-state index contributed by atoms with van der Waals surface area (Å²) in [5.41, 5.74) is 0. The van der Waals surface area contributed by atoms with Gasteiger partial charge in [0.25, 0.3) is 0 Å². The monoisotopic (exact) mass is 348 g/mol. The van der Waals surface area contributed by atoms with Gasteiger partial charge in [-0.25, -0.2) is 8.42 Å². The summed E-state index contributed by atoms with van der Waals surface area (Å²) >= 11 is 0. The molecule has 0 spiro atoms. The Labute approximate surface area is 159 Å². The largest absolute Gasteiger partial charge is 1.00 e. The molecule has 1 N–H and O–H groups in total. The zero-order chi connectivity index (χ0) is 16.6. The van der Waals surface area contributed by atoms with Crippen molar-refractivity contribution in [1.29, 1.82) is 0 Å². The fraction of sp³-hybridized carbons (Fsp3) is 1.00. The molecule has 0 radical (unpaired) electrons. The SMILES string of the molecule is CC(C)O.CCCCCCCCCCCCOS(=O)(=O)[O-].[Na+]. The van der Waals surface area contributed by atoms with Gasteiger partial charge in [-0.1, -0.05) is 64.7 Å². The van der Waals surface area contributed by atoms with Crippen molar-refractivity contribution in [2.45, 2.75) is 91.1 Å². The standard InChI is InChI=1S/C12H26O4S.C3H8O.Na/c1-2-3-4-5-6-7-8-9-10-11-12-16-17(13,14)15;1-3(2)4;/h2-12H2,1H3,(H,13,14,15);3-4H,1-2H3;/q;;+1/p-1. The summed E-state index contributed by atoms with van der Waals surface area (Å²) < 4.78 is 34.5. The summed E-state index contributed by atoms with van der Waals surface area (Å²) in [5.74, 6) is 0. The van der Waals surface area contributed by atoms with E-state index in [4.69, 9.17) is 5.11 Å². The van der Waals surface area contributed by atoms with E-state index >= 15 is 0 Å². The molecule has 0 atom stereocenters. The Morgan fingerprint density at radius 2 is 1.23 bits per heavy atom. The predicted octanol–water partition coefficient (Wildman–Crippen LogP) is 0.775. The molecule has 0 unspecified atom stereocenters. The van der Waals surface area contributed by atoms with Crippen LogP contribution in [0.4, 0.5) is 0 Å². The molecule has 0 amide bonds. The van der Waals surface area contributed by atoms with Gasteiger partial charge in [-0.05, 0) is 20.3 Å². The van der Waals surface area contributed by atoms with Gasteiger partial charge in [0, 0.05) is 6.10 Å². The maximum absolute atomic E-state index is 10.1. The molecule has 7 heteroatoms. The number of unbranched alkanes of at least 4 members (excludes halogenated alkanes) is 9. The molecule has 0 heterocycles. The third kappa shape index (κ3) is 37.2. The molecule has 0 aliphatic heterocycles. The van der Waals surface area contributed by atoms with E-state index in [1.165, 1.54) is 44.9 Å². The molecule has 0 saturated heterocycles. The second kappa shape index (κ2) is 19.9. The molecule has 0 aromatic heterocycles. The Morgan fingerprint density at radius 1 is 0.909 bits per heavy atom. The van der Waals surface area contributed by atoms with Crippen LogP contribution in [0.1, 0.15) is 85.0 Å². The first-order valence-corrected chi connectivity index (χ1v) is 9.41. The first-order chi connectivity index (χ1) is 9.79. The number of aliphatic hydroxyl groups excluding tert-OH is 1. The quantitative estimate of drug-likeness (QED) is 0.244. The maximum Gasteiger partial charge on any atom is 1.00 e. The third-order valence-electron chi connectivity index (χ3n) is 2.73. The van der Waals surface area contributed by atoms with Crippen LogP contribution >= 0.6 is 0 Å². The van der Waals surface area contributed by atoms with Crippen molar-refractivity contribution in [3.63, 3.8) is 0 Å². The van der Waals surface area contributed by atoms with Crippen LogP contribution in [-0.2, 0) is 14.6 Å². The average Bonchev–Trinajstić information content (AvgIpc) is 2.34. The molecule has 22 heavy (non-hydrogen) atoms. The van der Waals surface area contributed by atoms with Crippen molar-refractivity contribution in [2.24, 2.45) is 0 Å². The molecule has 0 bridgehead atoms. The fourth-order valence-electron chi connectivity index (χ4n) is 1.75. The molecule has 0 aliphatic carbocycles. The van der Waals surface area contributed by atoms with Crippen LogP contribution in [0.2, 0.25) is 0 Å². The number of rotatable bonds is 12. The van der Waals surface area contributed by atoms with Crippen molar-refractivity contribution in [3.8, 4) is 0 Å². The van der Waals surface area contributed by atoms with E-state index in [0.717, 1.165) is 12.8 Å². The van der Waals surface area contributed by atoms with Crippen LogP contribution in [-0.4, -0.2) is 30.8 Å². The molecular weight excluding hydrogens is 315 g/mol. The summed E-state index contributed by atoms with van der Waals surface area (Å²) in [6.07, 6.45) is 11.5. The molecular formula is C15H33NaO5S. The van der Waals surface area contributed by atoms with Gasteiger partial charge in [0.2, 0.25) is 10.4 Å². The van der Waals surface area contributed by atoms with Gasteiger partial charge < -0.3 is 9.66 Å². The Balaban J connectivity index is -0.000000640. The zero-order valence-corrected chi connectivity index (χ0v) is 17.7. The van der Waals surface area contributed by atoms with Gasteiger partial charge in [-0.2, -0.15) is 0 Å². The number of aliphatic hydroxyl groups is 1. The second-order valence-electron chi connectivity index (χ2n) is 5.51. The summed E-state index contributed by atoms with van der Waals surface area (Å²) in [4.78, 5) is 0. The second-order valence-corrected chi connectivity index (χ2v) is 6.56. The normalized spacial score (nSPS) is 10.8. The topological polar surface area (TPSA) is 86.7 Å². The Kier molecular flexibility index (Phi) is 25.0.